The number of nitrogens with zero attached hydrogens (tertiary/aromatic N) is 2. The molecule has 0 unspecified atom stereocenters. The van der Waals surface area contributed by atoms with E-state index in [9.17, 15) is 0 Å². The number of aromatic nitrogens is 2. The average Bonchev–Trinajstić information content (AvgIpc) is 3.76. The molecule has 0 saturated carbocycles. The van der Waals surface area contributed by atoms with Gasteiger partial charge in [-0.05, 0) is 74.3 Å². The SMILES string of the molecule is c1ccc2cc(-c3nc(-c4ccc(-c5cc6ccccc6c6ccccc56)c5oc6ccccc6c45)c4oc5ccccc5c4n3)ccc2c1. The van der Waals surface area contributed by atoms with Crippen LogP contribution in [0.2, 0.25) is 0 Å². The first-order valence-electron chi connectivity index (χ1n) is 16.8. The van der Waals surface area contributed by atoms with Crippen LogP contribution in [-0.4, -0.2) is 9.97 Å². The molecule has 50 heavy (non-hydrogen) atoms. The molecule has 3 aromatic heterocycles. The molecule has 0 N–H and O–H groups in total. The summed E-state index contributed by atoms with van der Waals surface area (Å²) in [6, 6.07) is 55.0. The van der Waals surface area contributed by atoms with Crippen molar-refractivity contribution in [3.05, 3.63) is 158 Å². The summed E-state index contributed by atoms with van der Waals surface area (Å²) in [4.78, 5) is 10.5. The van der Waals surface area contributed by atoms with Crippen LogP contribution in [0, 0.1) is 0 Å². The predicted octanol–water partition coefficient (Wildman–Crippen LogP) is 12.7. The lowest BCUT2D eigenvalue weighted by molar-refractivity contribution is 0.667. The molecule has 0 saturated heterocycles. The molecular weight excluding hydrogens is 613 g/mol. The monoisotopic (exact) mass is 638 g/mol. The highest BCUT2D eigenvalue weighted by Crippen LogP contribution is 2.46. The van der Waals surface area contributed by atoms with E-state index < -0.39 is 0 Å². The molecule has 0 aliphatic heterocycles. The fourth-order valence-corrected chi connectivity index (χ4v) is 7.75. The molecule has 0 fully saturated rings. The molecule has 0 radical (unpaired) electrons. The molecule has 11 aromatic rings. The van der Waals surface area contributed by atoms with Crippen molar-refractivity contribution in [2.75, 3.05) is 0 Å². The third-order valence-corrected chi connectivity index (χ3v) is 10.1. The zero-order valence-electron chi connectivity index (χ0n) is 26.7. The van der Waals surface area contributed by atoms with Crippen LogP contribution in [0.3, 0.4) is 0 Å². The summed E-state index contributed by atoms with van der Waals surface area (Å²) >= 11 is 0. The summed E-state index contributed by atoms with van der Waals surface area (Å²) in [5, 5.41) is 10.1. The van der Waals surface area contributed by atoms with E-state index in [1.165, 1.54) is 26.9 Å². The van der Waals surface area contributed by atoms with Crippen molar-refractivity contribution in [2.24, 2.45) is 0 Å². The molecule has 0 aliphatic carbocycles. The summed E-state index contributed by atoms with van der Waals surface area (Å²) in [5.41, 5.74) is 8.66. The van der Waals surface area contributed by atoms with E-state index in [2.05, 4.69) is 127 Å². The van der Waals surface area contributed by atoms with E-state index in [-0.39, 0.29) is 0 Å². The van der Waals surface area contributed by atoms with E-state index in [4.69, 9.17) is 18.8 Å². The molecule has 0 aliphatic rings. The number of rotatable bonds is 3. The molecule has 4 nitrogen and oxygen atoms in total. The lowest BCUT2D eigenvalue weighted by Crippen LogP contribution is -1.95. The second kappa shape index (κ2) is 10.4. The van der Waals surface area contributed by atoms with Gasteiger partial charge in [-0.3, -0.25) is 0 Å². The zero-order chi connectivity index (χ0) is 32.8. The Balaban J connectivity index is 1.25. The van der Waals surface area contributed by atoms with Gasteiger partial charge in [-0.1, -0.05) is 121 Å². The van der Waals surface area contributed by atoms with Crippen molar-refractivity contribution in [1.29, 1.82) is 0 Å². The van der Waals surface area contributed by atoms with Crippen LogP contribution in [0.25, 0.3) is 110 Å². The number of hydrogen-bond donors (Lipinski definition) is 0. The maximum atomic E-state index is 6.82. The van der Waals surface area contributed by atoms with Crippen molar-refractivity contribution in [3.63, 3.8) is 0 Å². The van der Waals surface area contributed by atoms with Crippen LogP contribution in [0.1, 0.15) is 0 Å². The summed E-state index contributed by atoms with van der Waals surface area (Å²) in [5.74, 6) is 0.648. The normalized spacial score (nSPS) is 12.0. The van der Waals surface area contributed by atoms with Gasteiger partial charge in [-0.2, -0.15) is 0 Å². The summed E-state index contributed by atoms with van der Waals surface area (Å²) < 4.78 is 13.4. The van der Waals surface area contributed by atoms with Gasteiger partial charge in [0.15, 0.2) is 11.4 Å². The minimum absolute atomic E-state index is 0.648. The summed E-state index contributed by atoms with van der Waals surface area (Å²) in [6.45, 7) is 0. The van der Waals surface area contributed by atoms with Gasteiger partial charge < -0.3 is 8.83 Å². The van der Waals surface area contributed by atoms with Crippen molar-refractivity contribution in [3.8, 4) is 33.8 Å². The molecule has 4 heteroatoms. The Morgan fingerprint density at radius 3 is 1.84 bits per heavy atom. The van der Waals surface area contributed by atoms with Gasteiger partial charge in [0.25, 0.3) is 0 Å². The standard InChI is InChI=1S/C46H26N2O2/c1-2-12-28-25-30(22-21-27(28)11-1)46-47-42-36-18-8-10-20-40(36)50-45(42)43(48-46)37-24-23-34(44-41(37)35-17-7-9-19-39(35)49-44)38-26-29-13-3-4-14-31(29)32-15-5-6-16-33(32)38/h1-26H. The molecule has 8 aromatic carbocycles. The Morgan fingerprint density at radius 2 is 1.00 bits per heavy atom. The molecule has 232 valence electrons. The van der Waals surface area contributed by atoms with E-state index in [0.29, 0.717) is 11.4 Å². The average molecular weight is 639 g/mol. The Bertz CT molecular complexity index is 3170. The molecule has 0 spiro atoms. The number of benzene rings is 8. The van der Waals surface area contributed by atoms with Crippen molar-refractivity contribution < 1.29 is 8.83 Å². The lowest BCUT2D eigenvalue weighted by atomic mass is 9.91. The molecule has 3 heterocycles. The largest absolute Gasteiger partial charge is 0.455 e. The Labute approximate surface area is 285 Å². The van der Waals surface area contributed by atoms with Gasteiger partial charge in [0.05, 0.1) is 0 Å². The first kappa shape index (κ1) is 27.2. The summed E-state index contributed by atoms with van der Waals surface area (Å²) in [7, 11) is 0. The summed E-state index contributed by atoms with van der Waals surface area (Å²) in [6.07, 6.45) is 0. The van der Waals surface area contributed by atoms with Crippen molar-refractivity contribution in [1.82, 2.24) is 9.97 Å². The van der Waals surface area contributed by atoms with Crippen LogP contribution in [0.5, 0.6) is 0 Å². The highest BCUT2D eigenvalue weighted by atomic mass is 16.3. The lowest BCUT2D eigenvalue weighted by Gasteiger charge is -2.13. The van der Waals surface area contributed by atoms with Gasteiger partial charge >= 0.3 is 0 Å². The highest BCUT2D eigenvalue weighted by molar-refractivity contribution is 6.22. The van der Waals surface area contributed by atoms with E-state index in [1.54, 1.807) is 0 Å². The Morgan fingerprint density at radius 1 is 0.380 bits per heavy atom. The van der Waals surface area contributed by atoms with Gasteiger partial charge in [0, 0.05) is 32.8 Å². The smallest absolute Gasteiger partial charge is 0.180 e. The van der Waals surface area contributed by atoms with Gasteiger partial charge in [-0.15, -0.1) is 0 Å². The molecule has 11 rings (SSSR count). The van der Waals surface area contributed by atoms with E-state index in [1.807, 2.05) is 30.3 Å². The van der Waals surface area contributed by atoms with Crippen LogP contribution in [-0.2, 0) is 0 Å². The third-order valence-electron chi connectivity index (χ3n) is 10.1. The predicted molar refractivity (Wildman–Crippen MR) is 205 cm³/mol. The maximum absolute atomic E-state index is 6.82. The fraction of sp³-hybridized carbons (Fsp3) is 0. The number of fused-ring (bicyclic) bond motifs is 10. The minimum atomic E-state index is 0.648. The van der Waals surface area contributed by atoms with Crippen LogP contribution in [0.15, 0.2) is 167 Å². The third kappa shape index (κ3) is 3.93. The fourth-order valence-electron chi connectivity index (χ4n) is 7.75. The topological polar surface area (TPSA) is 52.1 Å². The Kier molecular flexibility index (Phi) is 5.63. The number of para-hydroxylation sites is 2. The van der Waals surface area contributed by atoms with Crippen LogP contribution < -0.4 is 0 Å². The van der Waals surface area contributed by atoms with Crippen LogP contribution >= 0.6 is 0 Å². The molecule has 0 bridgehead atoms. The molecule has 0 atom stereocenters. The highest BCUT2D eigenvalue weighted by Gasteiger charge is 2.24. The van der Waals surface area contributed by atoms with Gasteiger partial charge in [-0.25, -0.2) is 9.97 Å². The quantitative estimate of drug-likeness (QED) is 0.181. The van der Waals surface area contributed by atoms with Crippen LogP contribution in [0.4, 0.5) is 0 Å². The second-order valence-electron chi connectivity index (χ2n) is 12.9. The maximum Gasteiger partial charge on any atom is 0.180 e. The first-order valence-corrected chi connectivity index (χ1v) is 16.8. The minimum Gasteiger partial charge on any atom is -0.455 e. The van der Waals surface area contributed by atoms with E-state index >= 15 is 0 Å². The van der Waals surface area contributed by atoms with Gasteiger partial charge in [0.1, 0.15) is 28.0 Å². The molecular formula is C46H26N2O2. The van der Waals surface area contributed by atoms with Gasteiger partial charge in [0.2, 0.25) is 0 Å². The number of furan rings is 2. The first-order chi connectivity index (χ1) is 24.8. The Hall–Kier alpha value is -6.78. The van der Waals surface area contributed by atoms with E-state index in [0.717, 1.165) is 71.8 Å². The molecule has 0 amide bonds. The van der Waals surface area contributed by atoms with Crippen molar-refractivity contribution in [2.45, 2.75) is 0 Å². The number of hydrogen-bond acceptors (Lipinski definition) is 4. The van der Waals surface area contributed by atoms with Crippen molar-refractivity contribution >= 4 is 76.3 Å². The second-order valence-corrected chi connectivity index (χ2v) is 12.9. The zero-order valence-corrected chi connectivity index (χ0v) is 26.7.